The summed E-state index contributed by atoms with van der Waals surface area (Å²) >= 11 is 1.42. The van der Waals surface area contributed by atoms with Crippen LogP contribution in [0.1, 0.15) is 12.8 Å². The highest BCUT2D eigenvalue weighted by Crippen LogP contribution is 1.95. The number of nitrogens with one attached hydrogen (secondary N) is 1. The molecule has 64 valence electrons. The van der Waals surface area contributed by atoms with Crippen LogP contribution in [0.25, 0.3) is 0 Å². The SMILES string of the molecule is [B]CCCCNC(=O)CSC[B]. The van der Waals surface area contributed by atoms with E-state index in [0.29, 0.717) is 17.7 Å². The summed E-state index contributed by atoms with van der Waals surface area (Å²) in [4.78, 5) is 10.9. The van der Waals surface area contributed by atoms with Gasteiger partial charge in [0.25, 0.3) is 0 Å². The lowest BCUT2D eigenvalue weighted by molar-refractivity contribution is -0.118. The van der Waals surface area contributed by atoms with E-state index in [1.165, 1.54) is 11.8 Å². The largest absolute Gasteiger partial charge is 0.355 e. The van der Waals surface area contributed by atoms with Crippen molar-refractivity contribution < 1.29 is 4.79 Å². The first kappa shape index (κ1) is 11.9. The summed E-state index contributed by atoms with van der Waals surface area (Å²) in [5, 5.41) is 2.78. The van der Waals surface area contributed by atoms with Crippen molar-refractivity contribution in [2.45, 2.75) is 19.2 Å². The first-order valence-corrected chi connectivity index (χ1v) is 5.21. The molecule has 0 aliphatic heterocycles. The second kappa shape index (κ2) is 9.04. The summed E-state index contributed by atoms with van der Waals surface area (Å²) in [5.41, 5.74) is 0.496. The molecule has 1 amide bonds. The van der Waals surface area contributed by atoms with E-state index in [9.17, 15) is 4.79 Å². The Kier molecular flexibility index (Phi) is 9.00. The standard InChI is InChI=1S/C7H13B2NOS/c8-3-1-2-4-10-7(11)5-12-6-9/h1-6H2,(H,10,11). The van der Waals surface area contributed by atoms with Crippen molar-refractivity contribution in [3.8, 4) is 0 Å². The molecule has 5 heteroatoms. The van der Waals surface area contributed by atoms with Gasteiger partial charge in [0.2, 0.25) is 5.91 Å². The highest BCUT2D eigenvalue weighted by atomic mass is 32.2. The fourth-order valence-corrected chi connectivity index (χ4v) is 1.11. The molecule has 0 bridgehead atoms. The van der Waals surface area contributed by atoms with Crippen molar-refractivity contribution in [1.29, 1.82) is 0 Å². The molecule has 0 rings (SSSR count). The van der Waals surface area contributed by atoms with E-state index in [-0.39, 0.29) is 5.91 Å². The zero-order chi connectivity index (χ0) is 9.23. The lowest BCUT2D eigenvalue weighted by Gasteiger charge is -2.02. The Morgan fingerprint density at radius 1 is 1.33 bits per heavy atom. The minimum atomic E-state index is 0.0578. The molecule has 2 nitrogen and oxygen atoms in total. The fraction of sp³-hybridized carbons (Fsp3) is 0.857. The monoisotopic (exact) mass is 181 g/mol. The molecule has 0 atom stereocenters. The Hall–Kier alpha value is -0.0501. The average Bonchev–Trinajstić information content (AvgIpc) is 2.09. The summed E-state index contributed by atoms with van der Waals surface area (Å²) in [6.45, 7) is 0.723. The van der Waals surface area contributed by atoms with E-state index in [0.717, 1.165) is 19.4 Å². The molecule has 4 radical (unpaired) electrons. The van der Waals surface area contributed by atoms with Crippen LogP contribution in [0.4, 0.5) is 0 Å². The molecule has 0 spiro atoms. The van der Waals surface area contributed by atoms with E-state index in [1.54, 1.807) is 0 Å². The molecule has 0 heterocycles. The van der Waals surface area contributed by atoms with Gasteiger partial charge in [0.15, 0.2) is 0 Å². The van der Waals surface area contributed by atoms with Crippen LogP contribution in [-0.4, -0.2) is 39.5 Å². The zero-order valence-electron chi connectivity index (χ0n) is 7.21. The third kappa shape index (κ3) is 8.05. The lowest BCUT2D eigenvalue weighted by Crippen LogP contribution is -2.26. The van der Waals surface area contributed by atoms with Gasteiger partial charge in [-0.25, -0.2) is 0 Å². The number of carbonyl (C=O) groups is 1. The first-order valence-electron chi connectivity index (χ1n) is 4.06. The van der Waals surface area contributed by atoms with Gasteiger partial charge in [-0.05, 0) is 12.1 Å². The van der Waals surface area contributed by atoms with Crippen LogP contribution in [-0.2, 0) is 4.79 Å². The van der Waals surface area contributed by atoms with Crippen molar-refractivity contribution in [2.24, 2.45) is 0 Å². The van der Waals surface area contributed by atoms with Crippen LogP contribution in [0.5, 0.6) is 0 Å². The number of amides is 1. The van der Waals surface area contributed by atoms with E-state index >= 15 is 0 Å². The van der Waals surface area contributed by atoms with Crippen LogP contribution < -0.4 is 5.32 Å². The van der Waals surface area contributed by atoms with Gasteiger partial charge < -0.3 is 5.32 Å². The van der Waals surface area contributed by atoms with Crippen molar-refractivity contribution in [3.63, 3.8) is 0 Å². The third-order valence-corrected chi connectivity index (χ3v) is 2.01. The van der Waals surface area contributed by atoms with Crippen molar-refractivity contribution in [1.82, 2.24) is 5.32 Å². The Morgan fingerprint density at radius 3 is 2.67 bits per heavy atom. The molecule has 12 heavy (non-hydrogen) atoms. The van der Waals surface area contributed by atoms with Crippen LogP contribution >= 0.6 is 11.8 Å². The maximum Gasteiger partial charge on any atom is 0.229 e. The molecule has 0 saturated heterocycles. The number of hydrogen-bond donors (Lipinski definition) is 1. The minimum absolute atomic E-state index is 0.0578. The number of unbranched alkanes of at least 4 members (excludes halogenated alkanes) is 1. The number of thioether (sulfide) groups is 1. The molecular weight excluding hydrogens is 168 g/mol. The lowest BCUT2D eigenvalue weighted by atomic mass is 10.0. The summed E-state index contributed by atoms with van der Waals surface area (Å²) < 4.78 is 0. The van der Waals surface area contributed by atoms with Gasteiger partial charge in [0.1, 0.15) is 0 Å². The predicted octanol–water partition coefficient (Wildman–Crippen LogP) is 0.329. The average molecular weight is 181 g/mol. The normalized spacial score (nSPS) is 9.67. The molecule has 0 aromatic rings. The third-order valence-electron chi connectivity index (χ3n) is 1.30. The summed E-state index contributed by atoms with van der Waals surface area (Å²) in [6.07, 6.45) is 2.60. The van der Waals surface area contributed by atoms with Gasteiger partial charge >= 0.3 is 0 Å². The smallest absolute Gasteiger partial charge is 0.229 e. The Morgan fingerprint density at radius 2 is 2.08 bits per heavy atom. The molecule has 0 aromatic carbocycles. The molecule has 0 fully saturated rings. The molecule has 0 aliphatic carbocycles. The van der Waals surface area contributed by atoms with Crippen molar-refractivity contribution >= 4 is 33.4 Å². The van der Waals surface area contributed by atoms with Gasteiger partial charge in [0, 0.05) is 6.54 Å². The molecule has 0 unspecified atom stereocenters. The maximum absolute atomic E-state index is 10.9. The molecule has 0 aliphatic rings. The molecule has 0 saturated carbocycles. The van der Waals surface area contributed by atoms with E-state index < -0.39 is 0 Å². The zero-order valence-corrected chi connectivity index (χ0v) is 8.03. The highest BCUT2D eigenvalue weighted by Gasteiger charge is 1.97. The number of hydrogen-bond acceptors (Lipinski definition) is 2. The number of carbonyl (C=O) groups excluding carboxylic acids is 1. The molecule has 0 aromatic heterocycles. The second-order valence-electron chi connectivity index (χ2n) is 2.36. The van der Waals surface area contributed by atoms with Crippen LogP contribution in [0, 0.1) is 0 Å². The quantitative estimate of drug-likeness (QED) is 0.452. The van der Waals surface area contributed by atoms with Crippen molar-refractivity contribution in [3.05, 3.63) is 0 Å². The van der Waals surface area contributed by atoms with Gasteiger partial charge in [-0.1, -0.05) is 12.7 Å². The Labute approximate surface area is 81.1 Å². The maximum atomic E-state index is 10.9. The second-order valence-corrected chi connectivity index (χ2v) is 3.39. The van der Waals surface area contributed by atoms with E-state index in [4.69, 9.17) is 15.7 Å². The summed E-state index contributed by atoms with van der Waals surface area (Å²) in [5.74, 6) is 0.515. The highest BCUT2D eigenvalue weighted by molar-refractivity contribution is 8.00. The topological polar surface area (TPSA) is 29.1 Å². The first-order chi connectivity index (χ1) is 5.81. The van der Waals surface area contributed by atoms with Gasteiger partial charge in [-0.3, -0.25) is 4.79 Å². The van der Waals surface area contributed by atoms with E-state index in [1.807, 2.05) is 0 Å². The van der Waals surface area contributed by atoms with E-state index in [2.05, 4.69) is 5.32 Å². The van der Waals surface area contributed by atoms with Crippen molar-refractivity contribution in [2.75, 3.05) is 17.9 Å². The Bertz CT molecular complexity index is 124. The van der Waals surface area contributed by atoms with Crippen LogP contribution in [0.15, 0.2) is 0 Å². The van der Waals surface area contributed by atoms with Gasteiger partial charge in [-0.2, -0.15) is 11.8 Å². The Balaban J connectivity index is 3.08. The van der Waals surface area contributed by atoms with Crippen LogP contribution in [0.2, 0.25) is 6.32 Å². The summed E-state index contributed by atoms with van der Waals surface area (Å²) in [6, 6.07) is 0. The number of rotatable bonds is 7. The molecular formula is C7H13B2NOS. The summed E-state index contributed by atoms with van der Waals surface area (Å²) in [7, 11) is 10.5. The van der Waals surface area contributed by atoms with Gasteiger partial charge in [0.05, 0.1) is 21.4 Å². The van der Waals surface area contributed by atoms with Gasteiger partial charge in [-0.15, -0.1) is 0 Å². The minimum Gasteiger partial charge on any atom is -0.355 e. The molecule has 1 N–H and O–H groups in total. The fourth-order valence-electron chi connectivity index (χ4n) is 0.700. The predicted molar refractivity (Wildman–Crippen MR) is 55.9 cm³/mol. The van der Waals surface area contributed by atoms with Crippen LogP contribution in [0.3, 0.4) is 0 Å².